The van der Waals surface area contributed by atoms with E-state index in [0.29, 0.717) is 12.0 Å². The second-order valence-corrected chi connectivity index (χ2v) is 5.09. The number of nitrogens with zero attached hydrogens (tertiary/aromatic N) is 3. The molecule has 1 aromatic heterocycles. The fourth-order valence-electron chi connectivity index (χ4n) is 2.38. The zero-order valence-corrected chi connectivity index (χ0v) is 12.6. The number of aromatic nitrogens is 2. The fraction of sp³-hybridized carbons (Fsp3) is 0.714. The van der Waals surface area contributed by atoms with Gasteiger partial charge in [0.25, 0.3) is 0 Å². The van der Waals surface area contributed by atoms with Crippen molar-refractivity contribution in [3.63, 3.8) is 0 Å². The molecular formula is C14H25N5O. The van der Waals surface area contributed by atoms with E-state index in [2.05, 4.69) is 32.4 Å². The summed E-state index contributed by atoms with van der Waals surface area (Å²) < 4.78 is 5.39. The summed E-state index contributed by atoms with van der Waals surface area (Å²) in [7, 11) is 3.67. The van der Waals surface area contributed by atoms with Crippen molar-refractivity contribution in [2.75, 3.05) is 44.0 Å². The Morgan fingerprint density at radius 2 is 2.35 bits per heavy atom. The summed E-state index contributed by atoms with van der Waals surface area (Å²) in [5.41, 5.74) is 0. The monoisotopic (exact) mass is 279 g/mol. The Kier molecular flexibility index (Phi) is 5.40. The smallest absolute Gasteiger partial charge is 0.224 e. The van der Waals surface area contributed by atoms with Gasteiger partial charge in [-0.15, -0.1) is 0 Å². The molecular weight excluding hydrogens is 254 g/mol. The summed E-state index contributed by atoms with van der Waals surface area (Å²) in [6, 6.07) is 0.520. The Bertz CT molecular complexity index is 426. The molecule has 0 saturated carbocycles. The Hall–Kier alpha value is -1.56. The minimum Gasteiger partial charge on any atom is -0.491 e. The number of unbranched alkanes of at least 4 members (excludes halogenated alkanes) is 1. The SMILES string of the molecule is CCCCNc1ncc(OC)c(N2CC[C@@H](NC)C2)n1. The lowest BCUT2D eigenvalue weighted by molar-refractivity contribution is 0.411. The maximum atomic E-state index is 5.39. The van der Waals surface area contributed by atoms with E-state index in [9.17, 15) is 0 Å². The molecule has 1 aliphatic rings. The molecule has 1 atom stereocenters. The van der Waals surface area contributed by atoms with Crippen molar-refractivity contribution in [3.05, 3.63) is 6.20 Å². The summed E-state index contributed by atoms with van der Waals surface area (Å²) in [5, 5.41) is 6.58. The molecule has 2 heterocycles. The first-order chi connectivity index (χ1) is 9.78. The van der Waals surface area contributed by atoms with E-state index in [0.717, 1.165) is 50.5 Å². The van der Waals surface area contributed by atoms with E-state index in [1.807, 2.05) is 7.05 Å². The van der Waals surface area contributed by atoms with Gasteiger partial charge in [-0.3, -0.25) is 0 Å². The Balaban J connectivity index is 2.10. The molecule has 1 fully saturated rings. The van der Waals surface area contributed by atoms with Crippen molar-refractivity contribution >= 4 is 11.8 Å². The molecule has 0 spiro atoms. The highest BCUT2D eigenvalue weighted by molar-refractivity contribution is 5.55. The number of nitrogens with one attached hydrogen (secondary N) is 2. The van der Waals surface area contributed by atoms with Crippen LogP contribution in [0.1, 0.15) is 26.2 Å². The predicted octanol–water partition coefficient (Wildman–Crippen LogP) is 1.50. The van der Waals surface area contributed by atoms with Crippen LogP contribution in [0.3, 0.4) is 0 Å². The van der Waals surface area contributed by atoms with Gasteiger partial charge in [0.2, 0.25) is 5.95 Å². The lowest BCUT2D eigenvalue weighted by Gasteiger charge is -2.20. The highest BCUT2D eigenvalue weighted by Gasteiger charge is 2.25. The molecule has 112 valence electrons. The minimum absolute atomic E-state index is 0.520. The third kappa shape index (κ3) is 3.50. The average Bonchev–Trinajstić information content (AvgIpc) is 2.96. The molecule has 0 bridgehead atoms. The molecule has 0 aromatic carbocycles. The standard InChI is InChI=1S/C14H25N5O/c1-4-5-7-16-14-17-9-12(20-3)13(18-14)19-8-6-11(10-19)15-2/h9,11,15H,4-8,10H2,1-3H3,(H,16,17,18)/t11-/m1/s1. The molecule has 1 aromatic rings. The van der Waals surface area contributed by atoms with Crippen molar-refractivity contribution in [1.29, 1.82) is 0 Å². The van der Waals surface area contributed by atoms with Crippen LogP contribution in [0.15, 0.2) is 6.20 Å². The number of anilines is 2. The maximum absolute atomic E-state index is 5.39. The Labute approximate surface area is 120 Å². The zero-order chi connectivity index (χ0) is 14.4. The number of hydrogen-bond acceptors (Lipinski definition) is 6. The molecule has 2 N–H and O–H groups in total. The molecule has 0 unspecified atom stereocenters. The number of ether oxygens (including phenoxy) is 1. The lowest BCUT2D eigenvalue weighted by Crippen LogP contribution is -2.30. The van der Waals surface area contributed by atoms with Crippen LogP contribution in [0.2, 0.25) is 0 Å². The Morgan fingerprint density at radius 3 is 3.00 bits per heavy atom. The molecule has 20 heavy (non-hydrogen) atoms. The topological polar surface area (TPSA) is 62.3 Å². The average molecular weight is 279 g/mol. The van der Waals surface area contributed by atoms with Crippen LogP contribution in [-0.2, 0) is 0 Å². The third-order valence-corrected chi connectivity index (χ3v) is 3.67. The van der Waals surface area contributed by atoms with Crippen LogP contribution in [0.5, 0.6) is 5.75 Å². The first-order valence-electron chi connectivity index (χ1n) is 7.35. The summed E-state index contributed by atoms with van der Waals surface area (Å²) in [6.45, 7) is 5.02. The normalized spacial score (nSPS) is 18.4. The number of hydrogen-bond donors (Lipinski definition) is 2. The van der Waals surface area contributed by atoms with Crippen LogP contribution in [0, 0.1) is 0 Å². The largest absolute Gasteiger partial charge is 0.491 e. The fourth-order valence-corrected chi connectivity index (χ4v) is 2.38. The van der Waals surface area contributed by atoms with Gasteiger partial charge in [0.05, 0.1) is 13.3 Å². The summed E-state index contributed by atoms with van der Waals surface area (Å²) in [5.74, 6) is 2.31. The molecule has 2 rings (SSSR count). The van der Waals surface area contributed by atoms with Crippen LogP contribution in [-0.4, -0.2) is 49.8 Å². The molecule has 0 aliphatic carbocycles. The van der Waals surface area contributed by atoms with E-state index < -0.39 is 0 Å². The molecule has 0 amide bonds. The molecule has 6 heteroatoms. The van der Waals surface area contributed by atoms with Gasteiger partial charge in [0, 0.05) is 25.7 Å². The van der Waals surface area contributed by atoms with Gasteiger partial charge in [-0.1, -0.05) is 13.3 Å². The van der Waals surface area contributed by atoms with Crippen LogP contribution >= 0.6 is 0 Å². The van der Waals surface area contributed by atoms with Crippen molar-refractivity contribution < 1.29 is 4.74 Å². The van der Waals surface area contributed by atoms with Crippen molar-refractivity contribution in [1.82, 2.24) is 15.3 Å². The predicted molar refractivity (Wildman–Crippen MR) is 81.7 cm³/mol. The van der Waals surface area contributed by atoms with Gasteiger partial charge in [-0.2, -0.15) is 4.98 Å². The molecule has 1 aliphatic heterocycles. The Morgan fingerprint density at radius 1 is 1.50 bits per heavy atom. The van der Waals surface area contributed by atoms with E-state index in [1.54, 1.807) is 13.3 Å². The van der Waals surface area contributed by atoms with Gasteiger partial charge >= 0.3 is 0 Å². The highest BCUT2D eigenvalue weighted by atomic mass is 16.5. The number of rotatable bonds is 7. The quantitative estimate of drug-likeness (QED) is 0.738. The third-order valence-electron chi connectivity index (χ3n) is 3.67. The second kappa shape index (κ2) is 7.28. The summed E-state index contributed by atoms with van der Waals surface area (Å²) in [6.07, 6.45) is 5.16. The van der Waals surface area contributed by atoms with Crippen LogP contribution in [0.25, 0.3) is 0 Å². The zero-order valence-electron chi connectivity index (χ0n) is 12.6. The van der Waals surface area contributed by atoms with Crippen molar-refractivity contribution in [3.8, 4) is 5.75 Å². The maximum Gasteiger partial charge on any atom is 0.224 e. The van der Waals surface area contributed by atoms with Gasteiger partial charge < -0.3 is 20.3 Å². The van der Waals surface area contributed by atoms with E-state index >= 15 is 0 Å². The number of likely N-dealkylation sites (N-methyl/N-ethyl adjacent to an activating group) is 1. The van der Waals surface area contributed by atoms with E-state index in [-0.39, 0.29) is 0 Å². The van der Waals surface area contributed by atoms with Crippen LogP contribution < -0.4 is 20.3 Å². The van der Waals surface area contributed by atoms with Crippen molar-refractivity contribution in [2.24, 2.45) is 0 Å². The minimum atomic E-state index is 0.520. The van der Waals surface area contributed by atoms with Gasteiger partial charge in [-0.25, -0.2) is 4.98 Å². The molecule has 6 nitrogen and oxygen atoms in total. The van der Waals surface area contributed by atoms with Crippen molar-refractivity contribution in [2.45, 2.75) is 32.2 Å². The van der Waals surface area contributed by atoms with Gasteiger partial charge in [0.15, 0.2) is 11.6 Å². The second-order valence-electron chi connectivity index (χ2n) is 5.09. The van der Waals surface area contributed by atoms with Crippen LogP contribution in [0.4, 0.5) is 11.8 Å². The van der Waals surface area contributed by atoms with E-state index in [1.165, 1.54) is 0 Å². The van der Waals surface area contributed by atoms with E-state index in [4.69, 9.17) is 4.74 Å². The highest BCUT2D eigenvalue weighted by Crippen LogP contribution is 2.28. The first kappa shape index (κ1) is 14.8. The van der Waals surface area contributed by atoms with Gasteiger partial charge in [-0.05, 0) is 19.9 Å². The summed E-state index contributed by atoms with van der Waals surface area (Å²) in [4.78, 5) is 11.2. The lowest BCUT2D eigenvalue weighted by atomic mass is 10.3. The summed E-state index contributed by atoms with van der Waals surface area (Å²) >= 11 is 0. The first-order valence-corrected chi connectivity index (χ1v) is 7.35. The van der Waals surface area contributed by atoms with Gasteiger partial charge in [0.1, 0.15) is 0 Å². The molecule has 1 saturated heterocycles. The number of methoxy groups -OCH3 is 1. The molecule has 0 radical (unpaired) electrons.